The van der Waals surface area contributed by atoms with Crippen LogP contribution < -0.4 is 4.72 Å². The van der Waals surface area contributed by atoms with Crippen LogP contribution in [-0.2, 0) is 10.0 Å². The predicted molar refractivity (Wildman–Crippen MR) is 65.9 cm³/mol. The van der Waals surface area contributed by atoms with Crippen LogP contribution in [0.15, 0.2) is 21.5 Å². The summed E-state index contributed by atoms with van der Waals surface area (Å²) < 4.78 is 26.7. The number of halogens is 1. The molecule has 1 aromatic rings. The molecule has 0 heterocycles. The lowest BCUT2D eigenvalue weighted by atomic mass is 10.2. The molecule has 90 valence electrons. The number of nitrogens with one attached hydrogen (secondary N) is 1. The molecule has 0 fully saturated rings. The maximum absolute atomic E-state index is 11.8. The fourth-order valence-electron chi connectivity index (χ4n) is 1.35. The summed E-state index contributed by atoms with van der Waals surface area (Å²) in [5, 5.41) is 8.61. The number of hydrogen-bond acceptors (Lipinski definition) is 3. The number of hydrogen-bond donors (Lipinski definition) is 2. The van der Waals surface area contributed by atoms with Gasteiger partial charge in [-0.25, -0.2) is 13.1 Å². The molecular weight excluding hydrogens is 294 g/mol. The van der Waals surface area contributed by atoms with Crippen molar-refractivity contribution in [2.24, 2.45) is 0 Å². The molecule has 0 aliphatic carbocycles. The lowest BCUT2D eigenvalue weighted by Gasteiger charge is -2.10. The van der Waals surface area contributed by atoms with Crippen LogP contribution in [0, 0.1) is 13.8 Å². The van der Waals surface area contributed by atoms with Crippen molar-refractivity contribution in [3.05, 3.63) is 27.7 Å². The van der Waals surface area contributed by atoms with Crippen molar-refractivity contribution in [2.75, 3.05) is 13.2 Å². The van der Waals surface area contributed by atoms with Crippen LogP contribution in [0.5, 0.6) is 0 Å². The minimum Gasteiger partial charge on any atom is -0.395 e. The molecule has 0 radical (unpaired) electrons. The van der Waals surface area contributed by atoms with E-state index in [1.165, 1.54) is 0 Å². The molecule has 4 nitrogen and oxygen atoms in total. The summed E-state index contributed by atoms with van der Waals surface area (Å²) in [6.07, 6.45) is 0. The van der Waals surface area contributed by atoms with E-state index >= 15 is 0 Å². The zero-order valence-corrected chi connectivity index (χ0v) is 11.5. The van der Waals surface area contributed by atoms with E-state index in [9.17, 15) is 8.42 Å². The largest absolute Gasteiger partial charge is 0.395 e. The van der Waals surface area contributed by atoms with E-state index in [1.54, 1.807) is 19.1 Å². The average Bonchev–Trinajstić information content (AvgIpc) is 2.20. The standard InChI is InChI=1S/C10H14BrNO3S/c1-7-5-8(2)10(6-9(7)11)16(14,15)12-3-4-13/h5-6,12-13H,3-4H2,1-2H3. The maximum atomic E-state index is 11.8. The number of aryl methyl sites for hydroxylation is 2. The Bertz CT molecular complexity index is 485. The number of sulfonamides is 1. The van der Waals surface area contributed by atoms with Gasteiger partial charge in [0.25, 0.3) is 0 Å². The third kappa shape index (κ3) is 3.04. The van der Waals surface area contributed by atoms with Gasteiger partial charge in [-0.1, -0.05) is 22.0 Å². The monoisotopic (exact) mass is 307 g/mol. The molecule has 6 heteroatoms. The van der Waals surface area contributed by atoms with E-state index in [0.717, 1.165) is 10.0 Å². The van der Waals surface area contributed by atoms with Crippen molar-refractivity contribution in [1.82, 2.24) is 4.72 Å². The maximum Gasteiger partial charge on any atom is 0.240 e. The van der Waals surface area contributed by atoms with Gasteiger partial charge in [0.2, 0.25) is 10.0 Å². The molecule has 0 amide bonds. The average molecular weight is 308 g/mol. The summed E-state index contributed by atoms with van der Waals surface area (Å²) >= 11 is 3.30. The van der Waals surface area contributed by atoms with Gasteiger partial charge in [-0.2, -0.15) is 0 Å². The third-order valence-corrected chi connectivity index (χ3v) is 4.61. The lowest BCUT2D eigenvalue weighted by molar-refractivity contribution is 0.301. The summed E-state index contributed by atoms with van der Waals surface area (Å²) in [5.74, 6) is 0. The first-order chi connectivity index (χ1) is 7.38. The summed E-state index contributed by atoms with van der Waals surface area (Å²) in [6.45, 7) is 3.44. The number of rotatable bonds is 4. The minimum atomic E-state index is -3.53. The molecule has 0 atom stereocenters. The van der Waals surface area contributed by atoms with Crippen molar-refractivity contribution in [3.63, 3.8) is 0 Å². The molecule has 1 rings (SSSR count). The van der Waals surface area contributed by atoms with Crippen LogP contribution in [0.25, 0.3) is 0 Å². The van der Waals surface area contributed by atoms with Crippen molar-refractivity contribution < 1.29 is 13.5 Å². The summed E-state index contributed by atoms with van der Waals surface area (Å²) in [5.41, 5.74) is 1.67. The highest BCUT2D eigenvalue weighted by Crippen LogP contribution is 2.24. The van der Waals surface area contributed by atoms with Gasteiger partial charge >= 0.3 is 0 Å². The van der Waals surface area contributed by atoms with E-state index in [2.05, 4.69) is 20.7 Å². The van der Waals surface area contributed by atoms with E-state index in [4.69, 9.17) is 5.11 Å². The van der Waals surface area contributed by atoms with E-state index in [-0.39, 0.29) is 18.0 Å². The molecule has 0 saturated carbocycles. The zero-order chi connectivity index (χ0) is 12.3. The quantitative estimate of drug-likeness (QED) is 0.882. The number of aliphatic hydroxyl groups excluding tert-OH is 1. The Labute approximate surface area is 104 Å². The smallest absolute Gasteiger partial charge is 0.240 e. The second kappa shape index (κ2) is 5.27. The highest BCUT2D eigenvalue weighted by Gasteiger charge is 2.17. The second-order valence-electron chi connectivity index (χ2n) is 3.49. The molecule has 16 heavy (non-hydrogen) atoms. The van der Waals surface area contributed by atoms with Crippen LogP contribution in [0.3, 0.4) is 0 Å². The fourth-order valence-corrected chi connectivity index (χ4v) is 3.12. The van der Waals surface area contributed by atoms with Crippen molar-refractivity contribution in [1.29, 1.82) is 0 Å². The highest BCUT2D eigenvalue weighted by molar-refractivity contribution is 9.10. The van der Waals surface area contributed by atoms with Gasteiger partial charge < -0.3 is 5.11 Å². The van der Waals surface area contributed by atoms with Crippen molar-refractivity contribution in [3.8, 4) is 0 Å². The van der Waals surface area contributed by atoms with Crippen molar-refractivity contribution >= 4 is 26.0 Å². The molecule has 2 N–H and O–H groups in total. The second-order valence-corrected chi connectivity index (χ2v) is 6.08. The first kappa shape index (κ1) is 13.6. The lowest BCUT2D eigenvalue weighted by Crippen LogP contribution is -2.27. The SMILES string of the molecule is Cc1cc(C)c(S(=O)(=O)NCCO)cc1Br. The van der Waals surface area contributed by atoms with E-state index in [1.807, 2.05) is 6.92 Å². The Kier molecular flexibility index (Phi) is 4.49. The van der Waals surface area contributed by atoms with Crippen LogP contribution in [0.4, 0.5) is 0 Å². The molecule has 0 unspecified atom stereocenters. The van der Waals surface area contributed by atoms with E-state index < -0.39 is 10.0 Å². The van der Waals surface area contributed by atoms with Crippen LogP contribution >= 0.6 is 15.9 Å². The zero-order valence-electron chi connectivity index (χ0n) is 9.12. The minimum absolute atomic E-state index is 0.0211. The first-order valence-corrected chi connectivity index (χ1v) is 7.03. The van der Waals surface area contributed by atoms with E-state index in [0.29, 0.717) is 5.56 Å². The Morgan fingerprint density at radius 2 is 1.94 bits per heavy atom. The highest BCUT2D eigenvalue weighted by atomic mass is 79.9. The molecule has 0 aliphatic heterocycles. The Hall–Kier alpha value is -0.430. The Morgan fingerprint density at radius 3 is 2.50 bits per heavy atom. The summed E-state index contributed by atoms with van der Waals surface area (Å²) in [4.78, 5) is 0.235. The van der Waals surface area contributed by atoms with Crippen molar-refractivity contribution in [2.45, 2.75) is 18.7 Å². The Balaban J connectivity index is 3.18. The van der Waals surface area contributed by atoms with Gasteiger partial charge in [-0.05, 0) is 31.0 Å². The Morgan fingerprint density at radius 1 is 1.31 bits per heavy atom. The molecular formula is C10H14BrNO3S. The van der Waals surface area contributed by atoms with Gasteiger partial charge in [0, 0.05) is 11.0 Å². The molecule has 0 spiro atoms. The number of benzene rings is 1. The van der Waals surface area contributed by atoms with Gasteiger partial charge in [-0.3, -0.25) is 0 Å². The topological polar surface area (TPSA) is 66.4 Å². The van der Waals surface area contributed by atoms with Gasteiger partial charge in [-0.15, -0.1) is 0 Å². The molecule has 0 aliphatic rings. The van der Waals surface area contributed by atoms with Gasteiger partial charge in [0.15, 0.2) is 0 Å². The fraction of sp³-hybridized carbons (Fsp3) is 0.400. The summed E-state index contributed by atoms with van der Waals surface area (Å²) in [7, 11) is -3.53. The predicted octanol–water partition coefficient (Wildman–Crippen LogP) is 1.34. The third-order valence-electron chi connectivity index (χ3n) is 2.15. The molecule has 0 saturated heterocycles. The van der Waals surface area contributed by atoms with Crippen LogP contribution in [-0.4, -0.2) is 26.7 Å². The molecule has 1 aromatic carbocycles. The van der Waals surface area contributed by atoms with Gasteiger partial charge in [0.1, 0.15) is 0 Å². The molecule has 0 bridgehead atoms. The number of aliphatic hydroxyl groups is 1. The normalized spacial score (nSPS) is 11.8. The van der Waals surface area contributed by atoms with Crippen LogP contribution in [0.1, 0.15) is 11.1 Å². The summed E-state index contributed by atoms with van der Waals surface area (Å²) in [6, 6.07) is 3.38. The molecule has 0 aromatic heterocycles. The first-order valence-electron chi connectivity index (χ1n) is 4.76. The van der Waals surface area contributed by atoms with Crippen LogP contribution in [0.2, 0.25) is 0 Å². The van der Waals surface area contributed by atoms with Gasteiger partial charge in [0.05, 0.1) is 11.5 Å².